The molecule has 1 aromatic carbocycles. The van der Waals surface area contributed by atoms with E-state index in [4.69, 9.17) is 4.98 Å². The molecule has 0 aliphatic carbocycles. The van der Waals surface area contributed by atoms with Gasteiger partial charge in [0.15, 0.2) is 5.13 Å². The second-order valence-corrected chi connectivity index (χ2v) is 6.81. The maximum absolute atomic E-state index is 4.82. The van der Waals surface area contributed by atoms with Crippen molar-refractivity contribution in [1.82, 2.24) is 15.0 Å². The van der Waals surface area contributed by atoms with Crippen molar-refractivity contribution in [2.45, 2.75) is 13.8 Å². The molecule has 0 atom stereocenters. The van der Waals surface area contributed by atoms with E-state index in [1.165, 1.54) is 0 Å². The van der Waals surface area contributed by atoms with Crippen LogP contribution in [-0.2, 0) is 0 Å². The lowest BCUT2D eigenvalue weighted by molar-refractivity contribution is 0.860. The van der Waals surface area contributed by atoms with Gasteiger partial charge in [0, 0.05) is 41.3 Å². The van der Waals surface area contributed by atoms with E-state index < -0.39 is 0 Å². The van der Waals surface area contributed by atoms with Crippen molar-refractivity contribution in [1.29, 1.82) is 0 Å². The lowest BCUT2D eigenvalue weighted by atomic mass is 10.2. The van der Waals surface area contributed by atoms with Gasteiger partial charge >= 0.3 is 0 Å². The standard InChI is InChI=1S/C20H21N5S/c1-3-25(4-2)20-23-17(13-26-20)16-12-21-19-15(16)10-11-18(24-19)22-14-8-6-5-7-9-14/h5-13H,3-4H2,1-2H3,(H2,21,22,24). The third-order valence-electron chi connectivity index (χ3n) is 4.39. The molecule has 0 saturated carbocycles. The summed E-state index contributed by atoms with van der Waals surface area (Å²) < 4.78 is 0. The van der Waals surface area contributed by atoms with Crippen LogP contribution in [0.2, 0.25) is 0 Å². The Morgan fingerprint density at radius 3 is 2.62 bits per heavy atom. The van der Waals surface area contributed by atoms with E-state index >= 15 is 0 Å². The van der Waals surface area contributed by atoms with E-state index in [-0.39, 0.29) is 0 Å². The zero-order valence-corrected chi connectivity index (χ0v) is 15.7. The summed E-state index contributed by atoms with van der Waals surface area (Å²) in [7, 11) is 0. The highest BCUT2D eigenvalue weighted by Crippen LogP contribution is 2.32. The largest absolute Gasteiger partial charge is 0.349 e. The molecule has 0 aliphatic rings. The fraction of sp³-hybridized carbons (Fsp3) is 0.200. The molecule has 0 bridgehead atoms. The molecule has 3 heterocycles. The van der Waals surface area contributed by atoms with Gasteiger partial charge in [-0.05, 0) is 38.1 Å². The van der Waals surface area contributed by atoms with Crippen LogP contribution >= 0.6 is 11.3 Å². The predicted molar refractivity (Wildman–Crippen MR) is 110 cm³/mol. The smallest absolute Gasteiger partial charge is 0.185 e. The van der Waals surface area contributed by atoms with Crippen LogP contribution in [0.25, 0.3) is 22.3 Å². The van der Waals surface area contributed by atoms with Crippen molar-refractivity contribution in [3.63, 3.8) is 0 Å². The van der Waals surface area contributed by atoms with Crippen molar-refractivity contribution in [2.24, 2.45) is 0 Å². The van der Waals surface area contributed by atoms with Gasteiger partial charge < -0.3 is 15.2 Å². The number of para-hydroxylation sites is 1. The summed E-state index contributed by atoms with van der Waals surface area (Å²) in [6.07, 6.45) is 1.99. The zero-order valence-electron chi connectivity index (χ0n) is 14.9. The number of thiazole rings is 1. The first-order chi connectivity index (χ1) is 12.8. The number of benzene rings is 1. The molecule has 0 aliphatic heterocycles. The fourth-order valence-corrected chi connectivity index (χ4v) is 3.94. The third-order valence-corrected chi connectivity index (χ3v) is 5.29. The minimum atomic E-state index is 0.819. The molecule has 2 N–H and O–H groups in total. The quantitative estimate of drug-likeness (QED) is 0.489. The van der Waals surface area contributed by atoms with Crippen molar-refractivity contribution >= 4 is 39.0 Å². The summed E-state index contributed by atoms with van der Waals surface area (Å²) in [4.78, 5) is 15.1. The van der Waals surface area contributed by atoms with Crippen molar-refractivity contribution in [3.05, 3.63) is 54.0 Å². The van der Waals surface area contributed by atoms with Gasteiger partial charge in [-0.15, -0.1) is 11.3 Å². The summed E-state index contributed by atoms with van der Waals surface area (Å²) >= 11 is 1.69. The SMILES string of the molecule is CCN(CC)c1nc(-c2c[nH]c3nc(Nc4ccccc4)ccc23)cs1. The second-order valence-electron chi connectivity index (χ2n) is 5.97. The van der Waals surface area contributed by atoms with Crippen LogP contribution in [0.15, 0.2) is 54.0 Å². The molecule has 132 valence electrons. The number of H-pyrrole nitrogens is 1. The molecule has 0 saturated heterocycles. The molecular weight excluding hydrogens is 342 g/mol. The molecule has 0 spiro atoms. The minimum absolute atomic E-state index is 0.819. The monoisotopic (exact) mass is 363 g/mol. The first-order valence-corrected chi connectivity index (χ1v) is 9.67. The number of fused-ring (bicyclic) bond motifs is 1. The molecule has 0 unspecified atom stereocenters. The van der Waals surface area contributed by atoms with E-state index in [0.717, 1.165) is 52.0 Å². The Morgan fingerprint density at radius 2 is 1.85 bits per heavy atom. The molecular formula is C20H21N5S. The van der Waals surface area contributed by atoms with Gasteiger partial charge in [0.25, 0.3) is 0 Å². The normalized spacial score (nSPS) is 11.0. The van der Waals surface area contributed by atoms with Gasteiger partial charge in [0.05, 0.1) is 5.69 Å². The number of nitrogens with one attached hydrogen (secondary N) is 2. The molecule has 6 heteroatoms. The van der Waals surface area contributed by atoms with E-state index in [1.807, 2.05) is 42.6 Å². The van der Waals surface area contributed by atoms with Crippen LogP contribution < -0.4 is 10.2 Å². The van der Waals surface area contributed by atoms with Gasteiger partial charge in [0.2, 0.25) is 0 Å². The number of aromatic amines is 1. The second kappa shape index (κ2) is 7.17. The number of pyridine rings is 1. The molecule has 0 amide bonds. The summed E-state index contributed by atoms with van der Waals surface area (Å²) in [5, 5.41) is 7.59. The van der Waals surface area contributed by atoms with Crippen LogP contribution in [0.5, 0.6) is 0 Å². The first kappa shape index (κ1) is 16.6. The van der Waals surface area contributed by atoms with Gasteiger partial charge in [0.1, 0.15) is 11.5 Å². The number of nitrogens with zero attached hydrogens (tertiary/aromatic N) is 3. The zero-order chi connectivity index (χ0) is 17.9. The Labute approximate surface area is 156 Å². The summed E-state index contributed by atoms with van der Waals surface area (Å²) in [6.45, 7) is 6.24. The lowest BCUT2D eigenvalue weighted by Crippen LogP contribution is -2.21. The Morgan fingerprint density at radius 1 is 1.04 bits per heavy atom. The average Bonchev–Trinajstić information content (AvgIpc) is 3.30. The Bertz CT molecular complexity index is 1000. The van der Waals surface area contributed by atoms with Gasteiger partial charge in [-0.25, -0.2) is 9.97 Å². The van der Waals surface area contributed by atoms with Crippen LogP contribution in [-0.4, -0.2) is 28.0 Å². The van der Waals surface area contributed by atoms with Crippen molar-refractivity contribution in [2.75, 3.05) is 23.3 Å². The Balaban J connectivity index is 1.64. The summed E-state index contributed by atoms with van der Waals surface area (Å²) in [6, 6.07) is 14.2. The highest BCUT2D eigenvalue weighted by Gasteiger charge is 2.13. The highest BCUT2D eigenvalue weighted by atomic mass is 32.1. The summed E-state index contributed by atoms with van der Waals surface area (Å²) in [5.74, 6) is 0.819. The lowest BCUT2D eigenvalue weighted by Gasteiger charge is -2.16. The average molecular weight is 363 g/mol. The van der Waals surface area contributed by atoms with Crippen LogP contribution in [0, 0.1) is 0 Å². The molecule has 26 heavy (non-hydrogen) atoms. The number of hydrogen-bond donors (Lipinski definition) is 2. The third kappa shape index (κ3) is 3.15. The minimum Gasteiger partial charge on any atom is -0.349 e. The topological polar surface area (TPSA) is 56.8 Å². The molecule has 0 radical (unpaired) electrons. The highest BCUT2D eigenvalue weighted by molar-refractivity contribution is 7.14. The molecule has 3 aromatic heterocycles. The molecule has 0 fully saturated rings. The van der Waals surface area contributed by atoms with E-state index in [1.54, 1.807) is 11.3 Å². The number of rotatable bonds is 6. The number of anilines is 3. The summed E-state index contributed by atoms with van der Waals surface area (Å²) in [5.41, 5.74) is 3.97. The van der Waals surface area contributed by atoms with Crippen LogP contribution in [0.3, 0.4) is 0 Å². The van der Waals surface area contributed by atoms with Gasteiger partial charge in [-0.3, -0.25) is 0 Å². The number of aromatic nitrogens is 3. The van der Waals surface area contributed by atoms with Gasteiger partial charge in [-0.2, -0.15) is 0 Å². The van der Waals surface area contributed by atoms with E-state index in [2.05, 4.69) is 45.5 Å². The maximum Gasteiger partial charge on any atom is 0.185 e. The van der Waals surface area contributed by atoms with Gasteiger partial charge in [-0.1, -0.05) is 18.2 Å². The van der Waals surface area contributed by atoms with E-state index in [9.17, 15) is 0 Å². The Kier molecular flexibility index (Phi) is 4.58. The van der Waals surface area contributed by atoms with Crippen LogP contribution in [0.1, 0.15) is 13.8 Å². The van der Waals surface area contributed by atoms with Crippen molar-refractivity contribution in [3.8, 4) is 11.3 Å². The van der Waals surface area contributed by atoms with E-state index in [0.29, 0.717) is 0 Å². The fourth-order valence-electron chi connectivity index (χ4n) is 2.98. The first-order valence-electron chi connectivity index (χ1n) is 8.79. The van der Waals surface area contributed by atoms with Crippen molar-refractivity contribution < 1.29 is 0 Å². The Hall–Kier alpha value is -2.86. The number of hydrogen-bond acceptors (Lipinski definition) is 5. The maximum atomic E-state index is 4.82. The molecule has 5 nitrogen and oxygen atoms in total. The van der Waals surface area contributed by atoms with Crippen LogP contribution in [0.4, 0.5) is 16.6 Å². The predicted octanol–water partition coefficient (Wildman–Crippen LogP) is 5.28. The molecule has 4 aromatic rings. The molecule has 4 rings (SSSR count).